The molecule has 2 rings (SSSR count). The molecule has 1 aromatic rings. The summed E-state index contributed by atoms with van der Waals surface area (Å²) < 4.78 is 18.8. The van der Waals surface area contributed by atoms with E-state index >= 15 is 0 Å². The largest absolute Gasteiger partial charge is 0.494 e. The van der Waals surface area contributed by atoms with E-state index in [0.717, 1.165) is 12.8 Å². The number of hydrogen-bond donors (Lipinski definition) is 1. The number of rotatable bonds is 5. The van der Waals surface area contributed by atoms with Crippen LogP contribution in [0.3, 0.4) is 0 Å². The van der Waals surface area contributed by atoms with Crippen molar-refractivity contribution in [3.63, 3.8) is 0 Å². The zero-order chi connectivity index (χ0) is 13.1. The first-order chi connectivity index (χ1) is 8.69. The Labute approximate surface area is 105 Å². The van der Waals surface area contributed by atoms with Crippen molar-refractivity contribution in [2.45, 2.75) is 18.9 Å². The van der Waals surface area contributed by atoms with Gasteiger partial charge in [-0.1, -0.05) is 6.07 Å². The lowest BCUT2D eigenvalue weighted by Crippen LogP contribution is -2.36. The summed E-state index contributed by atoms with van der Waals surface area (Å²) in [7, 11) is 1.36. The first-order valence-electron chi connectivity index (χ1n) is 5.93. The number of nitrogens with zero attached hydrogens (tertiary/aromatic N) is 1. The van der Waals surface area contributed by atoms with Crippen molar-refractivity contribution in [2.75, 3.05) is 20.3 Å². The van der Waals surface area contributed by atoms with Gasteiger partial charge in [-0.25, -0.2) is 4.39 Å². The third-order valence-electron chi connectivity index (χ3n) is 3.00. The van der Waals surface area contributed by atoms with Gasteiger partial charge in [0, 0.05) is 12.6 Å². The summed E-state index contributed by atoms with van der Waals surface area (Å²) in [4.78, 5) is 13.8. The van der Waals surface area contributed by atoms with Crippen molar-refractivity contribution in [3.8, 4) is 5.75 Å². The fraction of sp³-hybridized carbons (Fsp3) is 0.462. The van der Waals surface area contributed by atoms with E-state index in [0.29, 0.717) is 0 Å². The van der Waals surface area contributed by atoms with Gasteiger partial charge in [0.1, 0.15) is 0 Å². The molecule has 18 heavy (non-hydrogen) atoms. The molecule has 0 heterocycles. The maximum atomic E-state index is 14.0. The SMILES string of the molecule is COc1cccc(C(=O)N(CCO)C2CC2)c1F. The summed E-state index contributed by atoms with van der Waals surface area (Å²) >= 11 is 0. The van der Waals surface area contributed by atoms with Crippen LogP contribution in [0.2, 0.25) is 0 Å². The van der Waals surface area contributed by atoms with E-state index in [1.165, 1.54) is 24.1 Å². The molecule has 0 atom stereocenters. The van der Waals surface area contributed by atoms with Gasteiger partial charge in [-0.15, -0.1) is 0 Å². The summed E-state index contributed by atoms with van der Waals surface area (Å²) in [6.45, 7) is 0.119. The summed E-state index contributed by atoms with van der Waals surface area (Å²) in [5, 5.41) is 8.97. The molecule has 98 valence electrons. The molecule has 0 spiro atoms. The van der Waals surface area contributed by atoms with Crippen LogP contribution in [0, 0.1) is 5.82 Å². The number of ether oxygens (including phenoxy) is 1. The Bertz CT molecular complexity index is 446. The summed E-state index contributed by atoms with van der Waals surface area (Å²) in [6.07, 6.45) is 1.83. The van der Waals surface area contributed by atoms with Gasteiger partial charge in [0.15, 0.2) is 11.6 Å². The second-order valence-corrected chi connectivity index (χ2v) is 4.28. The minimum Gasteiger partial charge on any atom is -0.494 e. The topological polar surface area (TPSA) is 49.8 Å². The van der Waals surface area contributed by atoms with Gasteiger partial charge in [0.2, 0.25) is 0 Å². The Morgan fingerprint density at radius 3 is 2.83 bits per heavy atom. The lowest BCUT2D eigenvalue weighted by molar-refractivity contribution is 0.0702. The highest BCUT2D eigenvalue weighted by atomic mass is 19.1. The van der Waals surface area contributed by atoms with Gasteiger partial charge in [0.25, 0.3) is 5.91 Å². The molecule has 4 nitrogen and oxygen atoms in total. The minimum atomic E-state index is -0.645. The Kier molecular flexibility index (Phi) is 3.81. The number of aliphatic hydroxyl groups excluding tert-OH is 1. The van der Waals surface area contributed by atoms with Gasteiger partial charge in [-0.05, 0) is 25.0 Å². The third-order valence-corrected chi connectivity index (χ3v) is 3.00. The van der Waals surface area contributed by atoms with Gasteiger partial charge < -0.3 is 14.7 Å². The van der Waals surface area contributed by atoms with Crippen molar-refractivity contribution in [1.29, 1.82) is 0 Å². The van der Waals surface area contributed by atoms with Crippen LogP contribution in [0.5, 0.6) is 5.75 Å². The molecule has 1 aromatic carbocycles. The van der Waals surface area contributed by atoms with Crippen LogP contribution in [0.15, 0.2) is 18.2 Å². The van der Waals surface area contributed by atoms with Gasteiger partial charge in [-0.2, -0.15) is 0 Å². The molecule has 0 radical (unpaired) electrons. The lowest BCUT2D eigenvalue weighted by atomic mass is 10.1. The molecule has 0 aromatic heterocycles. The van der Waals surface area contributed by atoms with Crippen LogP contribution in [0.25, 0.3) is 0 Å². The van der Waals surface area contributed by atoms with E-state index in [2.05, 4.69) is 0 Å². The van der Waals surface area contributed by atoms with E-state index in [1.54, 1.807) is 6.07 Å². The maximum absolute atomic E-state index is 14.0. The summed E-state index contributed by atoms with van der Waals surface area (Å²) in [6, 6.07) is 4.63. The van der Waals surface area contributed by atoms with Crippen LogP contribution in [-0.4, -0.2) is 42.2 Å². The number of amides is 1. The smallest absolute Gasteiger partial charge is 0.257 e. The van der Waals surface area contributed by atoms with Crippen molar-refractivity contribution in [2.24, 2.45) is 0 Å². The molecule has 1 aliphatic carbocycles. The van der Waals surface area contributed by atoms with E-state index < -0.39 is 5.82 Å². The van der Waals surface area contributed by atoms with E-state index in [4.69, 9.17) is 9.84 Å². The Hall–Kier alpha value is -1.62. The van der Waals surface area contributed by atoms with Gasteiger partial charge in [-0.3, -0.25) is 4.79 Å². The number of aliphatic hydroxyl groups is 1. The van der Waals surface area contributed by atoms with Crippen molar-refractivity contribution in [1.82, 2.24) is 4.90 Å². The monoisotopic (exact) mass is 253 g/mol. The van der Waals surface area contributed by atoms with Crippen LogP contribution in [0.4, 0.5) is 4.39 Å². The van der Waals surface area contributed by atoms with Crippen LogP contribution in [0.1, 0.15) is 23.2 Å². The van der Waals surface area contributed by atoms with Crippen molar-refractivity contribution in [3.05, 3.63) is 29.6 Å². The average Bonchev–Trinajstić information content (AvgIpc) is 3.20. The molecule has 0 aliphatic heterocycles. The highest BCUT2D eigenvalue weighted by Gasteiger charge is 2.33. The zero-order valence-electron chi connectivity index (χ0n) is 10.2. The van der Waals surface area contributed by atoms with Crippen molar-refractivity contribution >= 4 is 5.91 Å². The first kappa shape index (κ1) is 12.8. The van der Waals surface area contributed by atoms with Gasteiger partial charge in [0.05, 0.1) is 19.3 Å². The van der Waals surface area contributed by atoms with Crippen LogP contribution in [-0.2, 0) is 0 Å². The molecular formula is C13H16FNO3. The number of hydrogen-bond acceptors (Lipinski definition) is 3. The fourth-order valence-corrected chi connectivity index (χ4v) is 1.93. The Balaban J connectivity index is 2.26. The van der Waals surface area contributed by atoms with Gasteiger partial charge >= 0.3 is 0 Å². The average molecular weight is 253 g/mol. The molecular weight excluding hydrogens is 237 g/mol. The Morgan fingerprint density at radius 2 is 2.28 bits per heavy atom. The number of methoxy groups -OCH3 is 1. The van der Waals surface area contributed by atoms with Crippen molar-refractivity contribution < 1.29 is 19.0 Å². The molecule has 1 aliphatic rings. The third kappa shape index (κ3) is 2.46. The molecule has 1 fully saturated rings. The van der Waals surface area contributed by atoms with E-state index in [1.807, 2.05) is 0 Å². The Morgan fingerprint density at radius 1 is 1.56 bits per heavy atom. The highest BCUT2D eigenvalue weighted by molar-refractivity contribution is 5.95. The lowest BCUT2D eigenvalue weighted by Gasteiger charge is -2.21. The molecule has 1 N–H and O–H groups in total. The predicted molar refractivity (Wildman–Crippen MR) is 64.1 cm³/mol. The number of benzene rings is 1. The standard InChI is InChI=1S/C13H16FNO3/c1-18-11-4-2-3-10(12(11)14)13(17)15(7-8-16)9-5-6-9/h2-4,9,16H,5-8H2,1H3. The number of carbonyl (C=O) groups excluding carboxylic acids is 1. The molecule has 0 bridgehead atoms. The maximum Gasteiger partial charge on any atom is 0.257 e. The molecule has 0 unspecified atom stereocenters. The first-order valence-corrected chi connectivity index (χ1v) is 5.93. The number of halogens is 1. The second-order valence-electron chi connectivity index (χ2n) is 4.28. The highest BCUT2D eigenvalue weighted by Crippen LogP contribution is 2.29. The zero-order valence-corrected chi connectivity index (χ0v) is 10.2. The van der Waals surface area contributed by atoms with Crippen LogP contribution < -0.4 is 4.74 Å². The fourth-order valence-electron chi connectivity index (χ4n) is 1.93. The number of carbonyl (C=O) groups is 1. The van der Waals surface area contributed by atoms with E-state index in [-0.39, 0.29) is 36.4 Å². The van der Waals surface area contributed by atoms with Crippen LogP contribution >= 0.6 is 0 Å². The molecule has 1 saturated carbocycles. The molecule has 1 amide bonds. The molecule has 0 saturated heterocycles. The normalized spacial score (nSPS) is 14.4. The second kappa shape index (κ2) is 5.35. The predicted octanol–water partition coefficient (Wildman–Crippen LogP) is 1.43. The quantitative estimate of drug-likeness (QED) is 0.863. The summed E-state index contributed by atoms with van der Waals surface area (Å²) in [5.74, 6) is -0.975. The minimum absolute atomic E-state index is 0.00491. The van der Waals surface area contributed by atoms with E-state index in [9.17, 15) is 9.18 Å². The summed E-state index contributed by atoms with van der Waals surface area (Å²) in [5.41, 5.74) is -0.00491. The molecule has 5 heteroatoms.